The van der Waals surface area contributed by atoms with Gasteiger partial charge in [-0.15, -0.1) is 0 Å². The van der Waals surface area contributed by atoms with E-state index in [-0.39, 0.29) is 24.1 Å². The van der Waals surface area contributed by atoms with Crippen LogP contribution in [0.3, 0.4) is 0 Å². The molecule has 1 saturated heterocycles. The summed E-state index contributed by atoms with van der Waals surface area (Å²) in [4.78, 5) is 39.4. The second kappa shape index (κ2) is 10.7. The Morgan fingerprint density at radius 3 is 2.38 bits per heavy atom. The summed E-state index contributed by atoms with van der Waals surface area (Å²) in [5.74, 6) is -0.292. The minimum absolute atomic E-state index is 0.000518. The van der Waals surface area contributed by atoms with E-state index in [9.17, 15) is 14.4 Å². The molecule has 1 aliphatic rings. The van der Waals surface area contributed by atoms with Gasteiger partial charge in [0, 0.05) is 30.8 Å². The van der Waals surface area contributed by atoms with Crippen molar-refractivity contribution in [3.05, 3.63) is 90.0 Å². The van der Waals surface area contributed by atoms with Crippen LogP contribution in [0, 0.1) is 5.92 Å². The second-order valence-corrected chi connectivity index (χ2v) is 8.20. The number of nitrogens with one attached hydrogen (secondary N) is 2. The van der Waals surface area contributed by atoms with E-state index >= 15 is 0 Å². The summed E-state index contributed by atoms with van der Waals surface area (Å²) in [5.41, 5.74) is 2.77. The Hall–Kier alpha value is -4.13. The average Bonchev–Trinajstić information content (AvgIpc) is 3.24. The van der Waals surface area contributed by atoms with Gasteiger partial charge >= 0.3 is 0 Å². The summed E-state index contributed by atoms with van der Waals surface area (Å²) in [5, 5.41) is 5.69. The Labute approximate surface area is 198 Å². The van der Waals surface area contributed by atoms with Crippen molar-refractivity contribution >= 4 is 29.1 Å². The molecule has 3 aromatic carbocycles. The van der Waals surface area contributed by atoms with E-state index in [1.54, 1.807) is 48.4 Å². The van der Waals surface area contributed by atoms with Crippen LogP contribution in [0.15, 0.2) is 78.9 Å². The van der Waals surface area contributed by atoms with Crippen LogP contribution in [0.5, 0.6) is 5.75 Å². The zero-order valence-corrected chi connectivity index (χ0v) is 19.0. The smallest absolute Gasteiger partial charge is 0.255 e. The molecule has 2 N–H and O–H groups in total. The molecular weight excluding hydrogens is 430 g/mol. The molecule has 0 aromatic heterocycles. The predicted octanol–water partition coefficient (Wildman–Crippen LogP) is 3.98. The van der Waals surface area contributed by atoms with Crippen molar-refractivity contribution in [1.29, 1.82) is 0 Å². The molecule has 0 saturated carbocycles. The van der Waals surface area contributed by atoms with Crippen molar-refractivity contribution < 1.29 is 19.1 Å². The van der Waals surface area contributed by atoms with E-state index in [4.69, 9.17) is 4.74 Å². The van der Waals surface area contributed by atoms with Crippen LogP contribution in [-0.2, 0) is 16.0 Å². The number of nitrogens with zero attached hydrogens (tertiary/aromatic N) is 1. The first kappa shape index (κ1) is 23.0. The Morgan fingerprint density at radius 2 is 1.65 bits per heavy atom. The summed E-state index contributed by atoms with van der Waals surface area (Å²) >= 11 is 0. The van der Waals surface area contributed by atoms with Crippen LogP contribution in [0.25, 0.3) is 0 Å². The third-order valence-electron chi connectivity index (χ3n) is 5.87. The van der Waals surface area contributed by atoms with Gasteiger partial charge in [-0.3, -0.25) is 14.4 Å². The molecule has 34 heavy (non-hydrogen) atoms. The number of benzene rings is 3. The standard InChI is InChI=1S/C27H27N3O4/c1-34-24-10-6-5-9-23(24)29-26(32)20-11-13-22(14-12-20)28-27(33)21-17-25(31)30(18-21)16-15-19-7-3-2-4-8-19/h2-14,21H,15-18H2,1H3,(H,28,33)(H,29,32). The van der Waals surface area contributed by atoms with E-state index in [2.05, 4.69) is 10.6 Å². The summed E-state index contributed by atoms with van der Waals surface area (Å²) in [7, 11) is 1.54. The fourth-order valence-corrected chi connectivity index (χ4v) is 3.96. The predicted molar refractivity (Wildman–Crippen MR) is 131 cm³/mol. The molecule has 0 aliphatic carbocycles. The molecule has 1 heterocycles. The number of para-hydroxylation sites is 2. The Bertz CT molecular complexity index is 1160. The van der Waals surface area contributed by atoms with Crippen molar-refractivity contribution in [2.75, 3.05) is 30.8 Å². The maximum absolute atomic E-state index is 12.7. The van der Waals surface area contributed by atoms with E-state index in [1.807, 2.05) is 42.5 Å². The van der Waals surface area contributed by atoms with Crippen molar-refractivity contribution in [3.63, 3.8) is 0 Å². The number of likely N-dealkylation sites (tertiary alicyclic amines) is 1. The number of amides is 3. The molecule has 0 spiro atoms. The van der Waals surface area contributed by atoms with Gasteiger partial charge in [0.25, 0.3) is 5.91 Å². The first-order valence-corrected chi connectivity index (χ1v) is 11.2. The van der Waals surface area contributed by atoms with Crippen LogP contribution in [0.2, 0.25) is 0 Å². The van der Waals surface area contributed by atoms with Gasteiger partial charge in [0.2, 0.25) is 11.8 Å². The second-order valence-electron chi connectivity index (χ2n) is 8.20. The quantitative estimate of drug-likeness (QED) is 0.536. The number of carbonyl (C=O) groups excluding carboxylic acids is 3. The van der Waals surface area contributed by atoms with E-state index < -0.39 is 5.92 Å². The molecule has 0 radical (unpaired) electrons. The van der Waals surface area contributed by atoms with E-state index in [0.29, 0.717) is 35.8 Å². The highest BCUT2D eigenvalue weighted by Crippen LogP contribution is 2.24. The molecule has 3 amide bonds. The molecule has 7 nitrogen and oxygen atoms in total. The van der Waals surface area contributed by atoms with Gasteiger partial charge in [-0.25, -0.2) is 0 Å². The van der Waals surface area contributed by atoms with E-state index in [0.717, 1.165) is 12.0 Å². The summed E-state index contributed by atoms with van der Waals surface area (Å²) in [6, 6.07) is 23.8. The largest absolute Gasteiger partial charge is 0.495 e. The molecule has 4 rings (SSSR count). The lowest BCUT2D eigenvalue weighted by molar-refractivity contribution is -0.128. The lowest BCUT2D eigenvalue weighted by atomic mass is 10.1. The van der Waals surface area contributed by atoms with Gasteiger partial charge in [-0.05, 0) is 48.4 Å². The minimum atomic E-state index is -0.392. The molecule has 1 fully saturated rings. The average molecular weight is 458 g/mol. The molecular formula is C27H27N3O4. The summed E-state index contributed by atoms with van der Waals surface area (Å²) < 4.78 is 5.26. The van der Waals surface area contributed by atoms with Gasteiger partial charge in [0.05, 0.1) is 18.7 Å². The zero-order chi connectivity index (χ0) is 23.9. The van der Waals surface area contributed by atoms with E-state index in [1.165, 1.54) is 0 Å². The van der Waals surface area contributed by atoms with Gasteiger partial charge in [-0.2, -0.15) is 0 Å². The first-order chi connectivity index (χ1) is 16.5. The van der Waals surface area contributed by atoms with Crippen LogP contribution in [0.1, 0.15) is 22.3 Å². The number of anilines is 2. The number of hydrogen-bond donors (Lipinski definition) is 2. The van der Waals surface area contributed by atoms with Gasteiger partial charge < -0.3 is 20.3 Å². The summed E-state index contributed by atoms with van der Waals surface area (Å²) in [6.45, 7) is 1.01. The number of rotatable bonds is 8. The molecule has 1 aliphatic heterocycles. The number of methoxy groups -OCH3 is 1. The van der Waals surface area contributed by atoms with Crippen LogP contribution in [-0.4, -0.2) is 42.8 Å². The number of ether oxygens (including phenoxy) is 1. The van der Waals surface area contributed by atoms with Gasteiger partial charge in [-0.1, -0.05) is 42.5 Å². The third kappa shape index (κ3) is 5.61. The lowest BCUT2D eigenvalue weighted by Gasteiger charge is -2.16. The topological polar surface area (TPSA) is 87.7 Å². The molecule has 1 unspecified atom stereocenters. The highest BCUT2D eigenvalue weighted by atomic mass is 16.5. The molecule has 1 atom stereocenters. The fourth-order valence-electron chi connectivity index (χ4n) is 3.96. The molecule has 174 valence electrons. The maximum atomic E-state index is 12.7. The van der Waals surface area contributed by atoms with Crippen molar-refractivity contribution in [3.8, 4) is 5.75 Å². The Kier molecular flexibility index (Phi) is 7.22. The van der Waals surface area contributed by atoms with Crippen molar-refractivity contribution in [2.45, 2.75) is 12.8 Å². The van der Waals surface area contributed by atoms with Crippen LogP contribution in [0.4, 0.5) is 11.4 Å². The van der Waals surface area contributed by atoms with Crippen molar-refractivity contribution in [2.24, 2.45) is 5.92 Å². The molecule has 0 bridgehead atoms. The Morgan fingerprint density at radius 1 is 0.941 bits per heavy atom. The summed E-state index contributed by atoms with van der Waals surface area (Å²) in [6.07, 6.45) is 0.972. The Balaban J connectivity index is 1.30. The molecule has 7 heteroatoms. The lowest BCUT2D eigenvalue weighted by Crippen LogP contribution is -2.30. The minimum Gasteiger partial charge on any atom is -0.495 e. The first-order valence-electron chi connectivity index (χ1n) is 11.2. The number of carbonyl (C=O) groups is 3. The van der Waals surface area contributed by atoms with Crippen LogP contribution >= 0.6 is 0 Å². The fraction of sp³-hybridized carbons (Fsp3) is 0.222. The monoisotopic (exact) mass is 457 g/mol. The van der Waals surface area contributed by atoms with Gasteiger partial charge in [0.15, 0.2) is 0 Å². The SMILES string of the molecule is COc1ccccc1NC(=O)c1ccc(NC(=O)C2CC(=O)N(CCc3ccccc3)C2)cc1. The normalized spacial score (nSPS) is 15.1. The highest BCUT2D eigenvalue weighted by molar-refractivity contribution is 6.05. The highest BCUT2D eigenvalue weighted by Gasteiger charge is 2.34. The maximum Gasteiger partial charge on any atom is 0.255 e. The van der Waals surface area contributed by atoms with Crippen molar-refractivity contribution in [1.82, 2.24) is 4.90 Å². The van der Waals surface area contributed by atoms with Gasteiger partial charge in [0.1, 0.15) is 5.75 Å². The molecule has 3 aromatic rings. The van der Waals surface area contributed by atoms with Crippen LogP contribution < -0.4 is 15.4 Å². The number of hydrogen-bond acceptors (Lipinski definition) is 4. The zero-order valence-electron chi connectivity index (χ0n) is 19.0. The third-order valence-corrected chi connectivity index (χ3v) is 5.87.